The molecule has 3 rings (SSSR count). The van der Waals surface area contributed by atoms with Crippen molar-refractivity contribution >= 4 is 34.8 Å². The van der Waals surface area contributed by atoms with Crippen molar-refractivity contribution in [2.24, 2.45) is 5.92 Å². The van der Waals surface area contributed by atoms with Crippen LogP contribution in [-0.4, -0.2) is 25.5 Å². The van der Waals surface area contributed by atoms with E-state index in [4.69, 9.17) is 16.3 Å². The van der Waals surface area contributed by atoms with Crippen LogP contribution in [0.3, 0.4) is 0 Å². The maximum Gasteiger partial charge on any atom is 0.229 e. The second kappa shape index (κ2) is 7.15. The minimum absolute atomic E-state index is 0.0832. The van der Waals surface area contributed by atoms with E-state index in [2.05, 4.69) is 5.32 Å². The molecule has 2 aromatic carbocycles. The van der Waals surface area contributed by atoms with Crippen LogP contribution in [0, 0.1) is 12.8 Å². The van der Waals surface area contributed by atoms with E-state index in [9.17, 15) is 9.59 Å². The highest BCUT2D eigenvalue weighted by atomic mass is 35.5. The fourth-order valence-electron chi connectivity index (χ4n) is 2.87. The van der Waals surface area contributed by atoms with Crippen LogP contribution in [0.2, 0.25) is 5.02 Å². The Kier molecular flexibility index (Phi) is 4.95. The highest BCUT2D eigenvalue weighted by Gasteiger charge is 2.35. The topological polar surface area (TPSA) is 58.6 Å². The average molecular weight is 359 g/mol. The summed E-state index contributed by atoms with van der Waals surface area (Å²) in [5.74, 6) is -0.113. The quantitative estimate of drug-likeness (QED) is 0.907. The molecular formula is C19H19ClN2O3. The molecule has 0 aliphatic carbocycles. The Balaban J connectivity index is 1.73. The van der Waals surface area contributed by atoms with E-state index in [1.165, 1.54) is 0 Å². The van der Waals surface area contributed by atoms with Crippen LogP contribution >= 0.6 is 11.6 Å². The molecular weight excluding hydrogens is 340 g/mol. The number of para-hydroxylation sites is 2. The van der Waals surface area contributed by atoms with Crippen molar-refractivity contribution < 1.29 is 14.3 Å². The van der Waals surface area contributed by atoms with Crippen molar-refractivity contribution in [3.05, 3.63) is 53.1 Å². The molecule has 1 aliphatic rings. The second-order valence-electron chi connectivity index (χ2n) is 6.03. The van der Waals surface area contributed by atoms with E-state index in [0.29, 0.717) is 28.7 Å². The van der Waals surface area contributed by atoms with Gasteiger partial charge in [-0.05, 0) is 36.8 Å². The number of methoxy groups -OCH3 is 1. The highest BCUT2D eigenvalue weighted by molar-refractivity contribution is 6.31. The van der Waals surface area contributed by atoms with Gasteiger partial charge in [0.1, 0.15) is 5.75 Å². The van der Waals surface area contributed by atoms with Crippen LogP contribution < -0.4 is 15.0 Å². The fourth-order valence-corrected chi connectivity index (χ4v) is 3.04. The normalized spacial score (nSPS) is 16.8. The number of hydrogen-bond donors (Lipinski definition) is 1. The van der Waals surface area contributed by atoms with Crippen molar-refractivity contribution in [1.29, 1.82) is 0 Å². The summed E-state index contributed by atoms with van der Waals surface area (Å²) in [5.41, 5.74) is 2.26. The van der Waals surface area contributed by atoms with Gasteiger partial charge in [0.15, 0.2) is 0 Å². The molecule has 2 aromatic rings. The van der Waals surface area contributed by atoms with Crippen molar-refractivity contribution in [3.8, 4) is 5.75 Å². The molecule has 6 heteroatoms. The number of amides is 2. The van der Waals surface area contributed by atoms with Crippen molar-refractivity contribution in [2.75, 3.05) is 23.9 Å². The number of benzene rings is 2. The van der Waals surface area contributed by atoms with Crippen LogP contribution in [0.5, 0.6) is 5.75 Å². The highest BCUT2D eigenvalue weighted by Crippen LogP contribution is 2.30. The lowest BCUT2D eigenvalue weighted by molar-refractivity contribution is -0.122. The lowest BCUT2D eigenvalue weighted by Gasteiger charge is -2.18. The molecule has 25 heavy (non-hydrogen) atoms. The number of carbonyl (C=O) groups is 2. The Bertz CT molecular complexity index is 822. The summed E-state index contributed by atoms with van der Waals surface area (Å²) < 4.78 is 5.24. The SMILES string of the molecule is COc1ccccc1NC(=O)[C@H]1CC(=O)N(c2ccc(C)c(Cl)c2)C1. The summed E-state index contributed by atoms with van der Waals surface area (Å²) in [5, 5.41) is 3.45. The first-order chi connectivity index (χ1) is 12.0. The number of ether oxygens (including phenoxy) is 1. The summed E-state index contributed by atoms with van der Waals surface area (Å²) in [6.45, 7) is 2.24. The molecule has 0 saturated carbocycles. The maximum atomic E-state index is 12.6. The molecule has 0 unspecified atom stereocenters. The number of nitrogens with one attached hydrogen (secondary N) is 1. The lowest BCUT2D eigenvalue weighted by atomic mass is 10.1. The largest absolute Gasteiger partial charge is 0.495 e. The van der Waals surface area contributed by atoms with Gasteiger partial charge in [0.2, 0.25) is 11.8 Å². The molecule has 0 aromatic heterocycles. The molecule has 0 radical (unpaired) electrons. The predicted octanol–water partition coefficient (Wildman–Crippen LogP) is 3.65. The first-order valence-electron chi connectivity index (χ1n) is 8.00. The van der Waals surface area contributed by atoms with E-state index in [1.54, 1.807) is 30.2 Å². The van der Waals surface area contributed by atoms with Crippen LogP contribution in [0.1, 0.15) is 12.0 Å². The van der Waals surface area contributed by atoms with Gasteiger partial charge in [0, 0.05) is 23.7 Å². The van der Waals surface area contributed by atoms with Gasteiger partial charge in [0.25, 0.3) is 0 Å². The predicted molar refractivity (Wildman–Crippen MR) is 98.3 cm³/mol. The number of halogens is 1. The third-order valence-electron chi connectivity index (χ3n) is 4.33. The Hall–Kier alpha value is -2.53. The van der Waals surface area contributed by atoms with Gasteiger partial charge in [-0.1, -0.05) is 29.8 Å². The van der Waals surface area contributed by atoms with E-state index in [0.717, 1.165) is 5.56 Å². The number of aryl methyl sites for hydroxylation is 1. The molecule has 1 atom stereocenters. The standard InChI is InChI=1S/C19H19ClN2O3/c1-12-7-8-14(10-15(12)20)22-11-13(9-18(22)23)19(24)21-16-5-3-4-6-17(16)25-2/h3-8,10,13H,9,11H2,1-2H3,(H,21,24)/t13-/m0/s1. The van der Waals surface area contributed by atoms with Gasteiger partial charge >= 0.3 is 0 Å². The summed E-state index contributed by atoms with van der Waals surface area (Å²) in [7, 11) is 1.55. The van der Waals surface area contributed by atoms with Crippen LogP contribution in [-0.2, 0) is 9.59 Å². The molecule has 2 amide bonds. The lowest BCUT2D eigenvalue weighted by Crippen LogP contribution is -2.28. The average Bonchev–Trinajstić information content (AvgIpc) is 3.00. The maximum absolute atomic E-state index is 12.6. The number of hydrogen-bond acceptors (Lipinski definition) is 3. The number of nitrogens with zero attached hydrogens (tertiary/aromatic N) is 1. The monoisotopic (exact) mass is 358 g/mol. The Labute approximate surface area is 151 Å². The zero-order chi connectivity index (χ0) is 18.0. The third kappa shape index (κ3) is 3.61. The zero-order valence-electron chi connectivity index (χ0n) is 14.1. The van der Waals surface area contributed by atoms with Gasteiger partial charge in [-0.2, -0.15) is 0 Å². The minimum Gasteiger partial charge on any atom is -0.495 e. The fraction of sp³-hybridized carbons (Fsp3) is 0.263. The summed E-state index contributed by atoms with van der Waals surface area (Å²) in [4.78, 5) is 26.5. The molecule has 1 saturated heterocycles. The first-order valence-corrected chi connectivity index (χ1v) is 8.38. The zero-order valence-corrected chi connectivity index (χ0v) is 14.8. The van der Waals surface area contributed by atoms with Crippen LogP contribution in [0.15, 0.2) is 42.5 Å². The van der Waals surface area contributed by atoms with Crippen molar-refractivity contribution in [1.82, 2.24) is 0 Å². The smallest absolute Gasteiger partial charge is 0.229 e. The number of rotatable bonds is 4. The van der Waals surface area contributed by atoms with Gasteiger partial charge < -0.3 is 15.0 Å². The molecule has 0 spiro atoms. The third-order valence-corrected chi connectivity index (χ3v) is 4.73. The van der Waals surface area contributed by atoms with Gasteiger partial charge in [-0.25, -0.2) is 0 Å². The molecule has 1 fully saturated rings. The summed E-state index contributed by atoms with van der Waals surface area (Å²) in [6.07, 6.45) is 0.173. The summed E-state index contributed by atoms with van der Waals surface area (Å²) in [6, 6.07) is 12.7. The Morgan fingerprint density at radius 2 is 2.04 bits per heavy atom. The minimum atomic E-state index is -0.419. The van der Waals surface area contributed by atoms with Gasteiger partial charge in [0.05, 0.1) is 18.7 Å². The van der Waals surface area contributed by atoms with E-state index >= 15 is 0 Å². The van der Waals surface area contributed by atoms with E-state index in [-0.39, 0.29) is 18.2 Å². The molecule has 1 heterocycles. The van der Waals surface area contributed by atoms with E-state index in [1.807, 2.05) is 31.2 Å². The summed E-state index contributed by atoms with van der Waals surface area (Å²) >= 11 is 6.15. The number of carbonyl (C=O) groups excluding carboxylic acids is 2. The molecule has 1 N–H and O–H groups in total. The molecule has 5 nitrogen and oxygen atoms in total. The Morgan fingerprint density at radius 1 is 1.28 bits per heavy atom. The van der Waals surface area contributed by atoms with Crippen LogP contribution in [0.4, 0.5) is 11.4 Å². The first kappa shape index (κ1) is 17.3. The van der Waals surface area contributed by atoms with Gasteiger partial charge in [-0.15, -0.1) is 0 Å². The van der Waals surface area contributed by atoms with Crippen molar-refractivity contribution in [2.45, 2.75) is 13.3 Å². The number of anilines is 2. The molecule has 130 valence electrons. The van der Waals surface area contributed by atoms with Crippen LogP contribution in [0.25, 0.3) is 0 Å². The van der Waals surface area contributed by atoms with Crippen molar-refractivity contribution in [3.63, 3.8) is 0 Å². The Morgan fingerprint density at radius 3 is 2.76 bits per heavy atom. The van der Waals surface area contributed by atoms with Gasteiger partial charge in [-0.3, -0.25) is 9.59 Å². The molecule has 0 bridgehead atoms. The second-order valence-corrected chi connectivity index (χ2v) is 6.44. The van der Waals surface area contributed by atoms with E-state index < -0.39 is 5.92 Å². The molecule has 1 aliphatic heterocycles.